The number of Topliss-reactive ketones (excluding diaryl/α,β-unsaturated/α-hetero) is 1. The Hall–Kier alpha value is -2.68. The Balaban J connectivity index is 2.54. The minimum absolute atomic E-state index is 0.0658. The van der Waals surface area contributed by atoms with Crippen molar-refractivity contribution >= 4 is 38.9 Å². The molecule has 2 aromatic rings. The molecule has 1 atom stereocenters. The fourth-order valence-corrected chi connectivity index (χ4v) is 3.12. The van der Waals surface area contributed by atoms with Crippen LogP contribution in [0.2, 0.25) is 0 Å². The van der Waals surface area contributed by atoms with Gasteiger partial charge in [-0.15, -0.1) is 11.3 Å². The summed E-state index contributed by atoms with van der Waals surface area (Å²) in [4.78, 5) is 33.6. The molecule has 0 saturated heterocycles. The second kappa shape index (κ2) is 6.21. The van der Waals surface area contributed by atoms with Crippen LogP contribution in [-0.2, 0) is 4.79 Å². The number of phenols is 1. The zero-order valence-corrected chi connectivity index (χ0v) is 13.0. The van der Waals surface area contributed by atoms with Gasteiger partial charge in [0, 0.05) is 17.2 Å². The first kappa shape index (κ1) is 16.7. The third-order valence-electron chi connectivity index (χ3n) is 3.33. The van der Waals surface area contributed by atoms with Crippen molar-refractivity contribution in [1.29, 1.82) is 0 Å². The number of carboxylic acids is 1. The van der Waals surface area contributed by atoms with Gasteiger partial charge >= 0.3 is 11.7 Å². The Morgan fingerprint density at radius 2 is 2.09 bits per heavy atom. The molecular weight excluding hydrogens is 326 g/mol. The summed E-state index contributed by atoms with van der Waals surface area (Å²) in [6.45, 7) is 1.41. The smallest absolute Gasteiger partial charge is 0.323 e. The number of nitrogens with zero attached hydrogens (tertiary/aromatic N) is 1. The maximum absolute atomic E-state index is 12.1. The number of thiophene rings is 1. The highest BCUT2D eigenvalue weighted by Crippen LogP contribution is 2.45. The number of aliphatic carboxylic acids is 1. The first-order chi connectivity index (χ1) is 10.8. The molecule has 9 heteroatoms. The molecule has 0 bridgehead atoms. The number of ether oxygens (including phenoxy) is 1. The third-order valence-corrected chi connectivity index (χ3v) is 4.45. The molecule has 0 aliphatic carbocycles. The summed E-state index contributed by atoms with van der Waals surface area (Å²) in [6, 6.07) is 2.70. The van der Waals surface area contributed by atoms with Gasteiger partial charge in [0.2, 0.25) is 5.75 Å². The fraction of sp³-hybridized carbons (Fsp3) is 0.286. The monoisotopic (exact) mass is 339 g/mol. The van der Waals surface area contributed by atoms with Crippen molar-refractivity contribution in [1.82, 2.24) is 0 Å². The Bertz CT molecular complexity index is 811. The van der Waals surface area contributed by atoms with E-state index in [0.717, 1.165) is 11.3 Å². The normalized spacial score (nSPS) is 12.1. The number of fused-ring (bicyclic) bond motifs is 1. The van der Waals surface area contributed by atoms with Crippen LogP contribution in [-0.4, -0.2) is 34.0 Å². The van der Waals surface area contributed by atoms with Gasteiger partial charge in [0.05, 0.1) is 28.2 Å². The average molecular weight is 339 g/mol. The predicted octanol–water partition coefficient (Wildman–Crippen LogP) is 2.82. The number of phenolic OH excluding ortho intramolecular Hbond substituents is 1. The molecule has 0 radical (unpaired) electrons. The summed E-state index contributed by atoms with van der Waals surface area (Å²) >= 11 is 0.991. The van der Waals surface area contributed by atoms with Gasteiger partial charge in [-0.1, -0.05) is 6.92 Å². The van der Waals surface area contributed by atoms with Crippen molar-refractivity contribution in [3.8, 4) is 11.5 Å². The van der Waals surface area contributed by atoms with Gasteiger partial charge < -0.3 is 14.9 Å². The number of nitro benzene ring substituents is 1. The molecule has 23 heavy (non-hydrogen) atoms. The van der Waals surface area contributed by atoms with Crippen molar-refractivity contribution in [3.05, 3.63) is 27.1 Å². The quantitative estimate of drug-likeness (QED) is 0.470. The molecule has 1 aromatic carbocycles. The van der Waals surface area contributed by atoms with Crippen molar-refractivity contribution in [2.75, 3.05) is 7.11 Å². The van der Waals surface area contributed by atoms with E-state index >= 15 is 0 Å². The zero-order valence-electron chi connectivity index (χ0n) is 12.2. The maximum atomic E-state index is 12.1. The molecular formula is C14H13NO7S. The van der Waals surface area contributed by atoms with Crippen LogP contribution in [0.25, 0.3) is 10.1 Å². The number of nitro groups is 1. The number of methoxy groups -OCH3 is 1. The maximum Gasteiger partial charge on any atom is 0.323 e. The van der Waals surface area contributed by atoms with Gasteiger partial charge in [-0.25, -0.2) is 0 Å². The Morgan fingerprint density at radius 1 is 1.43 bits per heavy atom. The standard InChI is InChI=1S/C14H13NO7S/c1-6(14(18)19)3-8(16)11-4-7-10(23-11)5-9(22-2)13(17)12(7)15(20)21/h4-6,17H,3H2,1-2H3,(H,18,19)/t6-/m0/s1. The summed E-state index contributed by atoms with van der Waals surface area (Å²) in [6.07, 6.45) is -0.209. The first-order valence-corrected chi connectivity index (χ1v) is 7.31. The summed E-state index contributed by atoms with van der Waals surface area (Å²) in [5.41, 5.74) is -0.541. The minimum atomic E-state index is -1.09. The molecule has 122 valence electrons. The molecule has 0 saturated carbocycles. The number of hydrogen-bond acceptors (Lipinski definition) is 7. The lowest BCUT2D eigenvalue weighted by atomic mass is 10.0. The van der Waals surface area contributed by atoms with Crippen molar-refractivity contribution in [2.24, 2.45) is 5.92 Å². The minimum Gasteiger partial charge on any atom is -0.499 e. The van der Waals surface area contributed by atoms with Gasteiger partial charge in [-0.3, -0.25) is 19.7 Å². The number of benzene rings is 1. The van der Waals surface area contributed by atoms with Crippen LogP contribution in [0, 0.1) is 16.0 Å². The number of ketones is 1. The van der Waals surface area contributed by atoms with Crippen LogP contribution < -0.4 is 4.74 Å². The van der Waals surface area contributed by atoms with Gasteiger partial charge in [0.25, 0.3) is 0 Å². The van der Waals surface area contributed by atoms with E-state index in [1.807, 2.05) is 0 Å². The molecule has 0 aliphatic rings. The molecule has 8 nitrogen and oxygen atoms in total. The predicted molar refractivity (Wildman–Crippen MR) is 82.4 cm³/mol. The molecule has 0 unspecified atom stereocenters. The van der Waals surface area contributed by atoms with Crippen LogP contribution in [0.1, 0.15) is 23.0 Å². The molecule has 0 fully saturated rings. The lowest BCUT2D eigenvalue weighted by Crippen LogP contribution is -2.13. The van der Waals surface area contributed by atoms with Crippen molar-refractivity contribution < 1.29 is 29.5 Å². The van der Waals surface area contributed by atoms with E-state index in [4.69, 9.17) is 9.84 Å². The Morgan fingerprint density at radius 3 is 2.61 bits per heavy atom. The van der Waals surface area contributed by atoms with E-state index < -0.39 is 34.0 Å². The lowest BCUT2D eigenvalue weighted by molar-refractivity contribution is -0.384. The van der Waals surface area contributed by atoms with Crippen LogP contribution in [0.4, 0.5) is 5.69 Å². The Kier molecular flexibility index (Phi) is 4.50. The fourth-order valence-electron chi connectivity index (χ4n) is 2.07. The molecule has 2 rings (SSSR count). The number of carboxylic acid groups (broad SMARTS) is 1. The number of carbonyl (C=O) groups is 2. The largest absolute Gasteiger partial charge is 0.499 e. The number of carbonyl (C=O) groups excluding carboxylic acids is 1. The first-order valence-electron chi connectivity index (χ1n) is 6.50. The summed E-state index contributed by atoms with van der Waals surface area (Å²) in [5.74, 6) is -3.05. The van der Waals surface area contributed by atoms with Crippen LogP contribution in [0.15, 0.2) is 12.1 Å². The van der Waals surface area contributed by atoms with Crippen LogP contribution in [0.5, 0.6) is 11.5 Å². The SMILES string of the molecule is COc1cc2sc(C(=O)C[C@H](C)C(=O)O)cc2c([N+](=O)[O-])c1O. The van der Waals surface area contributed by atoms with Gasteiger partial charge in [0.15, 0.2) is 11.5 Å². The average Bonchev–Trinajstić information content (AvgIpc) is 2.89. The molecule has 0 aliphatic heterocycles. The number of aromatic hydroxyl groups is 1. The van der Waals surface area contributed by atoms with E-state index in [1.54, 1.807) is 0 Å². The topological polar surface area (TPSA) is 127 Å². The Labute approximate surface area is 134 Å². The van der Waals surface area contributed by atoms with Crippen molar-refractivity contribution in [2.45, 2.75) is 13.3 Å². The van der Waals surface area contributed by atoms with E-state index in [1.165, 1.54) is 26.2 Å². The second-order valence-electron chi connectivity index (χ2n) is 4.92. The summed E-state index contributed by atoms with van der Waals surface area (Å²) < 4.78 is 5.30. The molecule has 0 amide bonds. The molecule has 1 aromatic heterocycles. The summed E-state index contributed by atoms with van der Waals surface area (Å²) in [5, 5.41) is 30.0. The van der Waals surface area contributed by atoms with Crippen LogP contribution in [0.3, 0.4) is 0 Å². The zero-order chi connectivity index (χ0) is 17.3. The van der Waals surface area contributed by atoms with E-state index in [2.05, 4.69) is 0 Å². The number of hydrogen-bond donors (Lipinski definition) is 2. The van der Waals surface area contributed by atoms with E-state index in [0.29, 0.717) is 4.70 Å². The van der Waals surface area contributed by atoms with Gasteiger partial charge in [0.1, 0.15) is 0 Å². The van der Waals surface area contributed by atoms with E-state index in [-0.39, 0.29) is 22.4 Å². The second-order valence-corrected chi connectivity index (χ2v) is 6.01. The summed E-state index contributed by atoms with van der Waals surface area (Å²) in [7, 11) is 1.26. The van der Waals surface area contributed by atoms with Gasteiger partial charge in [-0.05, 0) is 6.07 Å². The highest BCUT2D eigenvalue weighted by molar-refractivity contribution is 7.21. The highest BCUT2D eigenvalue weighted by Gasteiger charge is 2.27. The third kappa shape index (κ3) is 3.09. The number of rotatable bonds is 6. The molecule has 1 heterocycles. The van der Waals surface area contributed by atoms with E-state index in [9.17, 15) is 24.8 Å². The van der Waals surface area contributed by atoms with Crippen LogP contribution >= 0.6 is 11.3 Å². The molecule has 2 N–H and O–H groups in total. The highest BCUT2D eigenvalue weighted by atomic mass is 32.1. The van der Waals surface area contributed by atoms with Gasteiger partial charge in [-0.2, -0.15) is 0 Å². The lowest BCUT2D eigenvalue weighted by Gasteiger charge is -2.04. The van der Waals surface area contributed by atoms with Crippen molar-refractivity contribution in [3.63, 3.8) is 0 Å². The molecule has 0 spiro atoms.